The predicted molar refractivity (Wildman–Crippen MR) is 75.4 cm³/mol. The van der Waals surface area contributed by atoms with Crippen LogP contribution in [0.1, 0.15) is 53.8 Å². The first-order valence-electron chi connectivity index (χ1n) is 7.07. The second-order valence-corrected chi connectivity index (χ2v) is 6.82. The Hall–Kier alpha value is -0.670. The highest BCUT2D eigenvalue weighted by molar-refractivity contribution is 7.10. The van der Waals surface area contributed by atoms with Gasteiger partial charge >= 0.3 is 0 Å². The van der Waals surface area contributed by atoms with Crippen LogP contribution in [0.4, 0.5) is 0 Å². The van der Waals surface area contributed by atoms with Gasteiger partial charge in [-0.2, -0.15) is 0 Å². The molecule has 1 aliphatic heterocycles. The lowest BCUT2D eigenvalue weighted by atomic mass is 9.87. The maximum Gasteiger partial charge on any atom is 0.183 e. The van der Waals surface area contributed by atoms with Gasteiger partial charge in [0.1, 0.15) is 0 Å². The van der Waals surface area contributed by atoms with E-state index in [2.05, 4.69) is 17.9 Å². The van der Waals surface area contributed by atoms with Crippen LogP contribution in [0.2, 0.25) is 0 Å². The fourth-order valence-electron chi connectivity index (χ4n) is 3.62. The number of rotatable bonds is 3. The minimum absolute atomic E-state index is 0.149. The van der Waals surface area contributed by atoms with Gasteiger partial charge in [-0.15, -0.1) is 11.3 Å². The molecule has 0 amide bonds. The molecule has 1 aromatic heterocycles. The molecule has 2 heterocycles. The summed E-state index contributed by atoms with van der Waals surface area (Å²) in [6.07, 6.45) is 7.09. The fraction of sp³-hybridized carbons (Fsp3) is 0.667. The van der Waals surface area contributed by atoms with Crippen molar-refractivity contribution in [3.63, 3.8) is 0 Å². The first-order valence-corrected chi connectivity index (χ1v) is 7.95. The zero-order valence-electron chi connectivity index (χ0n) is 11.1. The van der Waals surface area contributed by atoms with Crippen LogP contribution in [0.5, 0.6) is 0 Å². The molecular weight excluding hydrogens is 242 g/mol. The highest BCUT2D eigenvalue weighted by Crippen LogP contribution is 2.40. The molecule has 2 aliphatic rings. The van der Waals surface area contributed by atoms with Crippen molar-refractivity contribution in [2.75, 3.05) is 13.1 Å². The molecule has 0 radical (unpaired) electrons. The van der Waals surface area contributed by atoms with Gasteiger partial charge in [0, 0.05) is 15.8 Å². The van der Waals surface area contributed by atoms with Crippen molar-refractivity contribution in [2.45, 2.75) is 51.0 Å². The number of hydrogen-bond acceptors (Lipinski definition) is 3. The van der Waals surface area contributed by atoms with Crippen molar-refractivity contribution in [1.29, 1.82) is 0 Å². The van der Waals surface area contributed by atoms with Crippen LogP contribution in [0.3, 0.4) is 0 Å². The van der Waals surface area contributed by atoms with Crippen LogP contribution < -0.4 is 0 Å². The molecule has 2 fully saturated rings. The Balaban J connectivity index is 1.91. The lowest BCUT2D eigenvalue weighted by molar-refractivity contribution is 0.0627. The van der Waals surface area contributed by atoms with E-state index < -0.39 is 0 Å². The number of carbonyl (C=O) groups is 1. The molecule has 1 saturated carbocycles. The van der Waals surface area contributed by atoms with Crippen LogP contribution in [0.25, 0.3) is 0 Å². The summed E-state index contributed by atoms with van der Waals surface area (Å²) in [4.78, 5) is 16.7. The molecule has 1 aromatic rings. The topological polar surface area (TPSA) is 20.3 Å². The predicted octanol–water partition coefficient (Wildman–Crippen LogP) is 3.65. The summed E-state index contributed by atoms with van der Waals surface area (Å²) < 4.78 is 0. The van der Waals surface area contributed by atoms with Crippen molar-refractivity contribution < 1.29 is 4.79 Å². The second kappa shape index (κ2) is 4.78. The van der Waals surface area contributed by atoms with E-state index in [1.165, 1.54) is 30.6 Å². The highest BCUT2D eigenvalue weighted by atomic mass is 32.1. The second-order valence-electron chi connectivity index (χ2n) is 5.71. The summed E-state index contributed by atoms with van der Waals surface area (Å²) in [5.74, 6) is 0.395. The molecule has 18 heavy (non-hydrogen) atoms. The lowest BCUT2D eigenvalue weighted by Crippen LogP contribution is -2.51. The summed E-state index contributed by atoms with van der Waals surface area (Å²) in [5.41, 5.74) is 0.801. The molecule has 0 unspecified atom stereocenters. The van der Waals surface area contributed by atoms with Crippen LogP contribution in [0.15, 0.2) is 11.4 Å². The van der Waals surface area contributed by atoms with E-state index in [0.717, 1.165) is 31.5 Å². The first-order chi connectivity index (χ1) is 8.72. The van der Waals surface area contributed by atoms with E-state index in [1.54, 1.807) is 11.3 Å². The van der Waals surface area contributed by atoms with Crippen molar-refractivity contribution in [1.82, 2.24) is 4.90 Å². The van der Waals surface area contributed by atoms with Crippen LogP contribution >= 0.6 is 11.3 Å². The quantitative estimate of drug-likeness (QED) is 0.776. The summed E-state index contributed by atoms with van der Waals surface area (Å²) in [5, 5.41) is 2.05. The molecule has 2 nitrogen and oxygen atoms in total. The van der Waals surface area contributed by atoms with Gasteiger partial charge in [0.15, 0.2) is 5.78 Å². The normalized spacial score (nSPS) is 23.6. The molecule has 1 aliphatic carbocycles. The molecular formula is C15H21NOS. The average molecular weight is 263 g/mol. The van der Waals surface area contributed by atoms with E-state index in [4.69, 9.17) is 0 Å². The Morgan fingerprint density at radius 1 is 1.22 bits per heavy atom. The third kappa shape index (κ3) is 1.94. The van der Waals surface area contributed by atoms with Gasteiger partial charge in [0.05, 0.1) is 5.54 Å². The maximum absolute atomic E-state index is 12.9. The van der Waals surface area contributed by atoms with Crippen LogP contribution in [-0.2, 0) is 0 Å². The first kappa shape index (κ1) is 12.4. The van der Waals surface area contributed by atoms with Crippen LogP contribution in [0, 0.1) is 6.92 Å². The zero-order chi connectivity index (χ0) is 12.6. The number of thiophene rings is 1. The molecule has 0 spiro atoms. The maximum atomic E-state index is 12.9. The number of carbonyl (C=O) groups excluding carboxylic acids is 1. The number of likely N-dealkylation sites (tertiary alicyclic amines) is 1. The number of aryl methyl sites for hydroxylation is 1. The summed E-state index contributed by atoms with van der Waals surface area (Å²) in [6.45, 7) is 4.32. The summed E-state index contributed by atoms with van der Waals surface area (Å²) >= 11 is 1.69. The fourth-order valence-corrected chi connectivity index (χ4v) is 4.31. The Labute approximate surface area is 113 Å². The van der Waals surface area contributed by atoms with Gasteiger partial charge in [-0.3, -0.25) is 9.69 Å². The SMILES string of the molecule is Cc1cc(C(=O)C2(N3CCCC3)CCCC2)cs1. The van der Waals surface area contributed by atoms with Gasteiger partial charge in [-0.05, 0) is 51.8 Å². The van der Waals surface area contributed by atoms with Crippen molar-refractivity contribution in [2.24, 2.45) is 0 Å². The van der Waals surface area contributed by atoms with E-state index >= 15 is 0 Å². The van der Waals surface area contributed by atoms with Gasteiger partial charge in [-0.25, -0.2) is 0 Å². The molecule has 0 aromatic carbocycles. The molecule has 0 N–H and O–H groups in total. The average Bonchev–Trinajstić information content (AvgIpc) is 3.09. The minimum atomic E-state index is -0.149. The molecule has 1 saturated heterocycles. The number of ketones is 1. The van der Waals surface area contributed by atoms with E-state index in [-0.39, 0.29) is 5.54 Å². The van der Waals surface area contributed by atoms with E-state index in [0.29, 0.717) is 5.78 Å². The monoisotopic (exact) mass is 263 g/mol. The highest BCUT2D eigenvalue weighted by Gasteiger charge is 2.46. The Morgan fingerprint density at radius 3 is 2.44 bits per heavy atom. The van der Waals surface area contributed by atoms with Crippen molar-refractivity contribution in [3.8, 4) is 0 Å². The minimum Gasteiger partial charge on any atom is -0.292 e. The van der Waals surface area contributed by atoms with E-state index in [1.807, 2.05) is 5.38 Å². The summed E-state index contributed by atoms with van der Waals surface area (Å²) in [6, 6.07) is 2.07. The Kier molecular flexibility index (Phi) is 3.29. The molecule has 0 bridgehead atoms. The zero-order valence-corrected chi connectivity index (χ0v) is 11.9. The summed E-state index contributed by atoms with van der Waals surface area (Å²) in [7, 11) is 0. The lowest BCUT2D eigenvalue weighted by Gasteiger charge is -2.37. The molecule has 3 heteroatoms. The number of hydrogen-bond donors (Lipinski definition) is 0. The van der Waals surface area contributed by atoms with Gasteiger partial charge in [0.25, 0.3) is 0 Å². The van der Waals surface area contributed by atoms with Crippen molar-refractivity contribution >= 4 is 17.1 Å². The van der Waals surface area contributed by atoms with Crippen LogP contribution in [-0.4, -0.2) is 29.3 Å². The van der Waals surface area contributed by atoms with Gasteiger partial charge in [0.2, 0.25) is 0 Å². The third-order valence-corrected chi connectivity index (χ3v) is 5.42. The standard InChI is InChI=1S/C15H21NOS/c1-12-10-13(11-18-12)14(17)15(6-2-3-7-15)16-8-4-5-9-16/h10-11H,2-9H2,1H3. The van der Waals surface area contributed by atoms with Gasteiger partial charge in [-0.1, -0.05) is 12.8 Å². The molecule has 3 rings (SSSR count). The Morgan fingerprint density at radius 2 is 1.89 bits per heavy atom. The van der Waals surface area contributed by atoms with E-state index in [9.17, 15) is 4.79 Å². The molecule has 0 atom stereocenters. The largest absolute Gasteiger partial charge is 0.292 e. The number of Topliss-reactive ketones (excluding diaryl/α,β-unsaturated/α-hetero) is 1. The smallest absolute Gasteiger partial charge is 0.183 e. The number of nitrogens with zero attached hydrogens (tertiary/aromatic N) is 1. The molecule has 98 valence electrons. The van der Waals surface area contributed by atoms with Gasteiger partial charge < -0.3 is 0 Å². The third-order valence-electron chi connectivity index (χ3n) is 4.56. The Bertz CT molecular complexity index is 439. The van der Waals surface area contributed by atoms with Crippen molar-refractivity contribution in [3.05, 3.63) is 21.9 Å².